The second-order valence-corrected chi connectivity index (χ2v) is 10.4. The number of hydrogen-bond donors (Lipinski definition) is 3. The molecule has 0 spiro atoms. The number of amidine groups is 1. The molecule has 0 radical (unpaired) electrons. The van der Waals surface area contributed by atoms with Crippen molar-refractivity contribution in [2.24, 2.45) is 16.1 Å². The van der Waals surface area contributed by atoms with Crippen molar-refractivity contribution in [1.29, 1.82) is 0 Å². The third-order valence-electron chi connectivity index (χ3n) is 3.65. The maximum Gasteiger partial charge on any atom is 0.408 e. The van der Waals surface area contributed by atoms with Crippen molar-refractivity contribution in [2.75, 3.05) is 24.7 Å². The average Bonchev–Trinajstić information content (AvgIpc) is 2.42. The number of aliphatic imine (C=N–C) groups is 1. The molecule has 0 aromatic rings. The number of alkyl carbamates (subject to hydrolysis) is 1. The number of ether oxygens (including phenoxy) is 1. The molecule has 9 nitrogen and oxygen atoms in total. The van der Waals surface area contributed by atoms with E-state index >= 15 is 0 Å². The molecule has 0 aliphatic carbocycles. The Morgan fingerprint density at radius 3 is 2.04 bits per heavy atom. The van der Waals surface area contributed by atoms with Crippen molar-refractivity contribution in [3.05, 3.63) is 0 Å². The predicted molar refractivity (Wildman–Crippen MR) is 111 cm³/mol. The van der Waals surface area contributed by atoms with Crippen molar-refractivity contribution in [3.8, 4) is 0 Å². The summed E-state index contributed by atoms with van der Waals surface area (Å²) in [5, 5.41) is 12.0. The number of alkyl halides is 1. The number of amides is 1. The van der Waals surface area contributed by atoms with Gasteiger partial charge in [0, 0.05) is 0 Å². The lowest BCUT2D eigenvalue weighted by atomic mass is 9.74. The quantitative estimate of drug-likeness (QED) is 0.345. The first-order valence-electron chi connectivity index (χ1n) is 8.25. The van der Waals surface area contributed by atoms with Crippen LogP contribution in [0.15, 0.2) is 4.99 Å². The number of aliphatic carboxylic acids is 1. The summed E-state index contributed by atoms with van der Waals surface area (Å²) in [5.41, 5.74) is 0.959. The molecule has 1 unspecified atom stereocenters. The molecule has 0 heterocycles. The van der Waals surface area contributed by atoms with E-state index in [1.165, 1.54) is 20.8 Å². The largest absolute Gasteiger partial charge is 0.479 e. The van der Waals surface area contributed by atoms with E-state index in [1.54, 1.807) is 20.8 Å². The molecular formula is C16H31BrFN3O6S. The van der Waals surface area contributed by atoms with E-state index in [2.05, 4.69) is 10.3 Å². The Morgan fingerprint density at radius 2 is 1.68 bits per heavy atom. The van der Waals surface area contributed by atoms with Gasteiger partial charge in [0.15, 0.2) is 15.4 Å². The van der Waals surface area contributed by atoms with Gasteiger partial charge in [0.05, 0.1) is 18.1 Å². The molecule has 166 valence electrons. The number of nitrogens with two attached hydrogens (primary N) is 1. The van der Waals surface area contributed by atoms with Gasteiger partial charge in [-0.15, -0.1) is 17.0 Å². The molecule has 0 aliphatic rings. The minimum absolute atomic E-state index is 0. The van der Waals surface area contributed by atoms with Crippen molar-refractivity contribution in [3.63, 3.8) is 0 Å². The monoisotopic (exact) mass is 491 g/mol. The van der Waals surface area contributed by atoms with Crippen LogP contribution in [0.1, 0.15) is 41.5 Å². The summed E-state index contributed by atoms with van der Waals surface area (Å²) in [7, 11) is -4.00. The van der Waals surface area contributed by atoms with Crippen molar-refractivity contribution in [1.82, 2.24) is 5.32 Å². The molecule has 0 saturated carbocycles. The Labute approximate surface area is 176 Å². The van der Waals surface area contributed by atoms with E-state index in [1.807, 2.05) is 0 Å². The highest BCUT2D eigenvalue weighted by Gasteiger charge is 2.53. The molecular weight excluding hydrogens is 461 g/mol. The van der Waals surface area contributed by atoms with Gasteiger partial charge in [-0.05, 0) is 26.2 Å². The summed E-state index contributed by atoms with van der Waals surface area (Å²) in [5.74, 6) is -3.30. The van der Waals surface area contributed by atoms with Gasteiger partial charge in [-0.25, -0.2) is 22.4 Å². The van der Waals surface area contributed by atoms with Gasteiger partial charge < -0.3 is 20.9 Å². The molecule has 0 aromatic carbocycles. The summed E-state index contributed by atoms with van der Waals surface area (Å²) in [6.45, 7) is 7.93. The minimum Gasteiger partial charge on any atom is -0.479 e. The van der Waals surface area contributed by atoms with Gasteiger partial charge in [-0.3, -0.25) is 4.99 Å². The SMILES string of the molecule is Br.CC(C)(C)OC(=O)NC(CS(=O)(=O)CCN=C(N)CF)(C(=O)O)C(C)(C)C. The third kappa shape index (κ3) is 9.18. The van der Waals surface area contributed by atoms with Gasteiger partial charge >= 0.3 is 12.1 Å². The smallest absolute Gasteiger partial charge is 0.408 e. The van der Waals surface area contributed by atoms with Crippen LogP contribution in [0.25, 0.3) is 0 Å². The Hall–Kier alpha value is -1.43. The van der Waals surface area contributed by atoms with E-state index in [9.17, 15) is 27.5 Å². The lowest BCUT2D eigenvalue weighted by molar-refractivity contribution is -0.148. The fraction of sp³-hybridized carbons (Fsp3) is 0.812. The molecule has 4 N–H and O–H groups in total. The first-order chi connectivity index (χ1) is 12.0. The predicted octanol–water partition coefficient (Wildman–Crippen LogP) is 1.70. The molecule has 12 heteroatoms. The highest BCUT2D eigenvalue weighted by molar-refractivity contribution is 8.93. The molecule has 0 fully saturated rings. The van der Waals surface area contributed by atoms with Crippen LogP contribution in [-0.4, -0.2) is 67.3 Å². The van der Waals surface area contributed by atoms with Crippen LogP contribution in [0.3, 0.4) is 0 Å². The summed E-state index contributed by atoms with van der Waals surface area (Å²) >= 11 is 0. The Balaban J connectivity index is 0. The van der Waals surface area contributed by atoms with Gasteiger partial charge in [-0.1, -0.05) is 20.8 Å². The summed E-state index contributed by atoms with van der Waals surface area (Å²) < 4.78 is 42.3. The zero-order valence-electron chi connectivity index (χ0n) is 17.0. The fourth-order valence-corrected chi connectivity index (χ4v) is 3.93. The number of carbonyl (C=O) groups is 2. The molecule has 28 heavy (non-hydrogen) atoms. The fourth-order valence-electron chi connectivity index (χ4n) is 2.13. The van der Waals surface area contributed by atoms with Crippen molar-refractivity contribution >= 4 is 44.7 Å². The number of halogens is 2. The van der Waals surface area contributed by atoms with Gasteiger partial charge in [0.25, 0.3) is 0 Å². The third-order valence-corrected chi connectivity index (χ3v) is 5.33. The summed E-state index contributed by atoms with van der Waals surface area (Å²) in [6, 6.07) is 0. The highest BCUT2D eigenvalue weighted by atomic mass is 79.9. The van der Waals surface area contributed by atoms with Gasteiger partial charge in [0.2, 0.25) is 0 Å². The van der Waals surface area contributed by atoms with Crippen molar-refractivity contribution < 1.29 is 32.2 Å². The molecule has 0 rings (SSSR count). The number of rotatable bonds is 8. The lowest BCUT2D eigenvalue weighted by Gasteiger charge is -2.41. The Kier molecular flexibility index (Phi) is 10.7. The number of hydrogen-bond acceptors (Lipinski definition) is 6. The zero-order valence-corrected chi connectivity index (χ0v) is 19.6. The Bertz CT molecular complexity index is 685. The molecule has 0 aliphatic heterocycles. The van der Waals surface area contributed by atoms with E-state index in [0.29, 0.717) is 0 Å². The lowest BCUT2D eigenvalue weighted by Crippen LogP contribution is -2.66. The molecule has 0 bridgehead atoms. The first kappa shape index (κ1) is 28.8. The molecule has 1 amide bonds. The standard InChI is InChI=1S/C16H30FN3O6S.BrH/c1-14(2,3)16(12(21)22,20-13(23)26-15(4,5)6)10-27(24,25)8-7-19-11(18)9-17;/h7-10H2,1-6H3,(H2,18,19)(H,20,23)(H,21,22);1H. The zero-order chi connectivity index (χ0) is 21.7. The van der Waals surface area contributed by atoms with Gasteiger partial charge in [0.1, 0.15) is 18.1 Å². The number of carboxylic acid groups (broad SMARTS) is 1. The van der Waals surface area contributed by atoms with Crippen LogP contribution < -0.4 is 11.1 Å². The van der Waals surface area contributed by atoms with Crippen molar-refractivity contribution in [2.45, 2.75) is 52.7 Å². The van der Waals surface area contributed by atoms with Crippen LogP contribution in [0, 0.1) is 5.41 Å². The second kappa shape index (κ2) is 10.4. The topological polar surface area (TPSA) is 148 Å². The summed E-state index contributed by atoms with van der Waals surface area (Å²) in [6.07, 6.45) is -1.05. The van der Waals surface area contributed by atoms with Crippen LogP contribution in [0.5, 0.6) is 0 Å². The maximum atomic E-state index is 12.5. The van der Waals surface area contributed by atoms with E-state index in [-0.39, 0.29) is 29.4 Å². The van der Waals surface area contributed by atoms with Crippen LogP contribution in [0.4, 0.5) is 9.18 Å². The van der Waals surface area contributed by atoms with E-state index < -0.39 is 56.6 Å². The molecule has 1 atom stereocenters. The average molecular weight is 492 g/mol. The van der Waals surface area contributed by atoms with Crippen LogP contribution >= 0.6 is 17.0 Å². The minimum atomic E-state index is -4.00. The van der Waals surface area contributed by atoms with Crippen LogP contribution in [0.2, 0.25) is 0 Å². The molecule has 0 aromatic heterocycles. The highest BCUT2D eigenvalue weighted by Crippen LogP contribution is 2.33. The number of carbonyl (C=O) groups excluding carboxylic acids is 1. The first-order valence-corrected chi connectivity index (χ1v) is 10.1. The normalized spacial score (nSPS) is 15.2. The van der Waals surface area contributed by atoms with Gasteiger partial charge in [-0.2, -0.15) is 0 Å². The van der Waals surface area contributed by atoms with Crippen LogP contribution in [-0.2, 0) is 19.4 Å². The van der Waals surface area contributed by atoms with E-state index in [0.717, 1.165) is 0 Å². The number of nitrogens with zero attached hydrogens (tertiary/aromatic N) is 1. The maximum absolute atomic E-state index is 12.5. The number of nitrogens with one attached hydrogen (secondary N) is 1. The number of carboxylic acids is 1. The van der Waals surface area contributed by atoms with E-state index in [4.69, 9.17) is 10.5 Å². The Morgan fingerprint density at radius 1 is 1.18 bits per heavy atom. The second-order valence-electron chi connectivity index (χ2n) is 8.19. The summed E-state index contributed by atoms with van der Waals surface area (Å²) in [4.78, 5) is 27.8. The number of sulfone groups is 1. The molecule has 0 saturated heterocycles.